The second-order valence-electron chi connectivity index (χ2n) is 2.67. The molecule has 0 N–H and O–H groups in total. The third-order valence-corrected chi connectivity index (χ3v) is 1.84. The largest absolute Gasteiger partial charge is 0.461 e. The van der Waals surface area contributed by atoms with Gasteiger partial charge < -0.3 is 4.74 Å². The van der Waals surface area contributed by atoms with Crippen LogP contribution in [0.3, 0.4) is 0 Å². The van der Waals surface area contributed by atoms with E-state index in [0.717, 1.165) is 5.57 Å². The van der Waals surface area contributed by atoms with Gasteiger partial charge in [-0.1, -0.05) is 24.3 Å². The van der Waals surface area contributed by atoms with Gasteiger partial charge >= 0.3 is 5.97 Å². The van der Waals surface area contributed by atoms with Crippen LogP contribution in [-0.4, -0.2) is 12.6 Å². The number of hydrogen-bond acceptors (Lipinski definition) is 2. The molecule has 0 amide bonds. The first-order valence-electron chi connectivity index (χ1n) is 4.03. The van der Waals surface area contributed by atoms with Gasteiger partial charge in [0.2, 0.25) is 0 Å². The maximum Gasteiger partial charge on any atom is 0.313 e. The Labute approximate surface area is 73.9 Å². The zero-order chi connectivity index (χ0) is 9.56. The number of rotatable bonds is 4. The van der Waals surface area contributed by atoms with E-state index in [2.05, 4.69) is 6.58 Å². The third kappa shape index (κ3) is 3.37. The summed E-state index contributed by atoms with van der Waals surface area (Å²) in [5, 5.41) is 0. The molecule has 0 aromatic rings. The highest BCUT2D eigenvalue weighted by Crippen LogP contribution is 2.10. The molecule has 0 radical (unpaired) electrons. The van der Waals surface area contributed by atoms with Crippen LogP contribution in [0, 0.1) is 5.92 Å². The summed E-state index contributed by atoms with van der Waals surface area (Å²) in [7, 11) is 0. The van der Waals surface area contributed by atoms with E-state index in [4.69, 9.17) is 4.74 Å². The van der Waals surface area contributed by atoms with Crippen LogP contribution < -0.4 is 0 Å². The van der Waals surface area contributed by atoms with E-state index < -0.39 is 0 Å². The molecule has 0 aliphatic carbocycles. The average molecular weight is 168 g/mol. The van der Waals surface area contributed by atoms with E-state index in [-0.39, 0.29) is 11.9 Å². The second-order valence-corrected chi connectivity index (χ2v) is 2.67. The van der Waals surface area contributed by atoms with E-state index in [1.807, 2.05) is 26.8 Å². The second kappa shape index (κ2) is 5.58. The van der Waals surface area contributed by atoms with Gasteiger partial charge in [0.05, 0.1) is 5.92 Å². The Bertz CT molecular complexity index is 192. The smallest absolute Gasteiger partial charge is 0.313 e. The molecule has 12 heavy (non-hydrogen) atoms. The summed E-state index contributed by atoms with van der Waals surface area (Å²) in [5.74, 6) is -0.333. The van der Waals surface area contributed by atoms with Crippen molar-refractivity contribution in [2.75, 3.05) is 6.61 Å². The number of carbonyl (C=O) groups is 1. The minimum atomic E-state index is -0.189. The predicted molar refractivity (Wildman–Crippen MR) is 49.8 cm³/mol. The summed E-state index contributed by atoms with van der Waals surface area (Å²) in [6, 6.07) is 0. The van der Waals surface area contributed by atoms with Gasteiger partial charge in [-0.05, 0) is 20.8 Å². The first kappa shape index (κ1) is 11.0. The van der Waals surface area contributed by atoms with E-state index in [1.165, 1.54) is 0 Å². The molecule has 0 fully saturated rings. The molecule has 0 aliphatic heterocycles. The Hall–Kier alpha value is -1.05. The lowest BCUT2D eigenvalue weighted by Crippen LogP contribution is -2.15. The van der Waals surface area contributed by atoms with Crippen molar-refractivity contribution < 1.29 is 9.53 Å². The highest BCUT2D eigenvalue weighted by atomic mass is 16.5. The van der Waals surface area contributed by atoms with Crippen LogP contribution in [0.5, 0.6) is 0 Å². The molecule has 0 saturated heterocycles. The number of hydrogen-bond donors (Lipinski definition) is 0. The maximum absolute atomic E-state index is 11.2. The molecule has 1 unspecified atom stereocenters. The van der Waals surface area contributed by atoms with E-state index >= 15 is 0 Å². The van der Waals surface area contributed by atoms with Gasteiger partial charge in [0.25, 0.3) is 0 Å². The van der Waals surface area contributed by atoms with Crippen molar-refractivity contribution in [1.82, 2.24) is 0 Å². The molecule has 1 atom stereocenters. The molecule has 2 nitrogen and oxygen atoms in total. The normalized spacial score (nSPS) is 13.8. The maximum atomic E-state index is 11.2. The van der Waals surface area contributed by atoms with Crippen LogP contribution in [-0.2, 0) is 9.53 Å². The van der Waals surface area contributed by atoms with Crippen molar-refractivity contribution in [3.63, 3.8) is 0 Å². The van der Waals surface area contributed by atoms with Crippen molar-refractivity contribution in [3.05, 3.63) is 24.3 Å². The zero-order valence-electron chi connectivity index (χ0n) is 7.96. The lowest BCUT2D eigenvalue weighted by atomic mass is 10.0. The van der Waals surface area contributed by atoms with Crippen LogP contribution in [0.1, 0.15) is 20.8 Å². The quantitative estimate of drug-likeness (QED) is 0.475. The topological polar surface area (TPSA) is 26.3 Å². The van der Waals surface area contributed by atoms with Gasteiger partial charge in [-0.15, -0.1) is 0 Å². The summed E-state index contributed by atoms with van der Waals surface area (Å²) < 4.78 is 4.88. The van der Waals surface area contributed by atoms with Gasteiger partial charge in [0.15, 0.2) is 0 Å². The summed E-state index contributed by atoms with van der Waals surface area (Å²) in [6.07, 6.45) is 3.48. The molecule has 0 saturated carbocycles. The SMILES string of the molecule is C=CCOC(=O)C(C)C(C)=CC. The Morgan fingerprint density at radius 3 is 2.67 bits per heavy atom. The van der Waals surface area contributed by atoms with Gasteiger partial charge in [-0.25, -0.2) is 0 Å². The molecule has 0 aromatic carbocycles. The van der Waals surface area contributed by atoms with Crippen molar-refractivity contribution in [1.29, 1.82) is 0 Å². The minimum absolute atomic E-state index is 0.144. The predicted octanol–water partition coefficient (Wildman–Crippen LogP) is 2.32. The summed E-state index contributed by atoms with van der Waals surface area (Å²) >= 11 is 0. The van der Waals surface area contributed by atoms with Gasteiger partial charge in [0.1, 0.15) is 6.61 Å². The molecule has 0 heterocycles. The fraction of sp³-hybridized carbons (Fsp3) is 0.500. The Morgan fingerprint density at radius 1 is 1.67 bits per heavy atom. The van der Waals surface area contributed by atoms with E-state index in [1.54, 1.807) is 6.08 Å². The average Bonchev–Trinajstić information content (AvgIpc) is 2.11. The summed E-state index contributed by atoms with van der Waals surface area (Å²) in [6.45, 7) is 9.42. The molecule has 68 valence electrons. The van der Waals surface area contributed by atoms with Crippen LogP contribution in [0.15, 0.2) is 24.3 Å². The van der Waals surface area contributed by atoms with Crippen LogP contribution in [0.25, 0.3) is 0 Å². The minimum Gasteiger partial charge on any atom is -0.461 e. The first-order valence-corrected chi connectivity index (χ1v) is 4.03. The first-order chi connectivity index (χ1) is 5.63. The molecule has 0 aromatic heterocycles. The van der Waals surface area contributed by atoms with E-state index in [9.17, 15) is 4.79 Å². The van der Waals surface area contributed by atoms with Crippen LogP contribution in [0.2, 0.25) is 0 Å². The third-order valence-electron chi connectivity index (χ3n) is 1.84. The van der Waals surface area contributed by atoms with Crippen LogP contribution >= 0.6 is 0 Å². The summed E-state index contributed by atoms with van der Waals surface area (Å²) in [5.41, 5.74) is 1.03. The Balaban J connectivity index is 4.01. The lowest BCUT2D eigenvalue weighted by Gasteiger charge is -2.09. The zero-order valence-corrected chi connectivity index (χ0v) is 7.96. The van der Waals surface area contributed by atoms with Crippen LogP contribution in [0.4, 0.5) is 0 Å². The molecule has 0 aliphatic rings. The monoisotopic (exact) mass is 168 g/mol. The van der Waals surface area contributed by atoms with Crippen molar-refractivity contribution in [2.45, 2.75) is 20.8 Å². The molecule has 0 bridgehead atoms. The lowest BCUT2D eigenvalue weighted by molar-refractivity contribution is -0.145. The van der Waals surface area contributed by atoms with Crippen molar-refractivity contribution in [2.24, 2.45) is 5.92 Å². The Morgan fingerprint density at radius 2 is 2.25 bits per heavy atom. The molecular formula is C10H16O2. The van der Waals surface area contributed by atoms with Gasteiger partial charge in [0, 0.05) is 0 Å². The van der Waals surface area contributed by atoms with Crippen molar-refractivity contribution >= 4 is 5.97 Å². The number of ether oxygens (including phenoxy) is 1. The van der Waals surface area contributed by atoms with Gasteiger partial charge in [-0.2, -0.15) is 0 Å². The van der Waals surface area contributed by atoms with Crippen molar-refractivity contribution in [3.8, 4) is 0 Å². The van der Waals surface area contributed by atoms with E-state index in [0.29, 0.717) is 6.61 Å². The fourth-order valence-corrected chi connectivity index (χ4v) is 0.702. The number of esters is 1. The number of allylic oxidation sites excluding steroid dienone is 1. The van der Waals surface area contributed by atoms with Gasteiger partial charge in [-0.3, -0.25) is 4.79 Å². The molecular weight excluding hydrogens is 152 g/mol. The molecule has 0 spiro atoms. The summed E-state index contributed by atoms with van der Waals surface area (Å²) in [4.78, 5) is 11.2. The Kier molecular flexibility index (Phi) is 5.09. The molecule has 0 rings (SSSR count). The molecule has 2 heteroatoms. The highest BCUT2D eigenvalue weighted by molar-refractivity contribution is 5.75. The highest BCUT2D eigenvalue weighted by Gasteiger charge is 2.14. The fourth-order valence-electron chi connectivity index (χ4n) is 0.702. The standard InChI is InChI=1S/C10H16O2/c1-5-7-12-10(11)9(4)8(3)6-2/h5-6,9H,1,7H2,2-4H3. The number of carbonyl (C=O) groups excluding carboxylic acids is 1.